The maximum Gasteiger partial charge on any atom is 0.472 e. The number of allylic oxidation sites excluding steroid dienone is 9. The Morgan fingerprint density at radius 2 is 1.07 bits per heavy atom. The molecule has 1 amide bonds. The normalized spacial score (nSPS) is 14.8. The number of likely N-dealkylation sites (N-methyl/N-ethyl adjacent to an activating group) is 1. The number of hydrogen-bond donors (Lipinski definition) is 3. The lowest BCUT2D eigenvalue weighted by Crippen LogP contribution is -2.45. The zero-order valence-electron chi connectivity index (χ0n) is 38.3. The number of hydrogen-bond acceptors (Lipinski definition) is 5. The minimum atomic E-state index is -4.34. The molecule has 338 valence electrons. The topological polar surface area (TPSA) is 105 Å². The van der Waals surface area contributed by atoms with Crippen molar-refractivity contribution in [2.75, 3.05) is 40.9 Å². The van der Waals surface area contributed by atoms with Gasteiger partial charge < -0.3 is 19.8 Å². The van der Waals surface area contributed by atoms with Crippen molar-refractivity contribution < 1.29 is 32.9 Å². The summed E-state index contributed by atoms with van der Waals surface area (Å²) in [6.07, 6.45) is 53.4. The summed E-state index contributed by atoms with van der Waals surface area (Å²) in [4.78, 5) is 23.1. The zero-order chi connectivity index (χ0) is 42.8. The lowest BCUT2D eigenvalue weighted by molar-refractivity contribution is -0.870. The highest BCUT2D eigenvalue weighted by Gasteiger charge is 2.27. The van der Waals surface area contributed by atoms with E-state index in [0.29, 0.717) is 17.4 Å². The molecule has 0 bridgehead atoms. The molecule has 0 aliphatic rings. The Hall–Kier alpha value is -1.80. The van der Waals surface area contributed by atoms with Crippen molar-refractivity contribution in [2.24, 2.45) is 0 Å². The SMILES string of the molecule is C/C=C/CC/C=C/CC/C=C/C(O)C(COP(=O)(O)OCC[N+](C)(C)C)NC(=O)CCCCCCCCCCCCCCCCC/C=C\C/C=C\CCCCCCC. The highest BCUT2D eigenvalue weighted by molar-refractivity contribution is 7.47. The van der Waals surface area contributed by atoms with Crippen molar-refractivity contribution in [3.05, 3.63) is 60.8 Å². The van der Waals surface area contributed by atoms with Gasteiger partial charge in [-0.1, -0.05) is 177 Å². The molecule has 0 heterocycles. The van der Waals surface area contributed by atoms with E-state index in [9.17, 15) is 19.4 Å². The fourth-order valence-corrected chi connectivity index (χ4v) is 7.26. The minimum absolute atomic E-state index is 0.0516. The number of amides is 1. The summed E-state index contributed by atoms with van der Waals surface area (Å²) >= 11 is 0. The molecule has 58 heavy (non-hydrogen) atoms. The third kappa shape index (κ3) is 42.3. The average Bonchev–Trinajstić information content (AvgIpc) is 3.17. The van der Waals surface area contributed by atoms with Crippen LogP contribution in [0.15, 0.2) is 60.8 Å². The number of unbranched alkanes of at least 4 members (excludes halogenated alkanes) is 22. The van der Waals surface area contributed by atoms with Gasteiger partial charge in [0, 0.05) is 6.42 Å². The van der Waals surface area contributed by atoms with Gasteiger partial charge in [0.05, 0.1) is 39.9 Å². The van der Waals surface area contributed by atoms with Crippen LogP contribution in [0.2, 0.25) is 0 Å². The van der Waals surface area contributed by atoms with E-state index in [2.05, 4.69) is 54.8 Å². The average molecular weight is 836 g/mol. The number of nitrogens with one attached hydrogen (secondary N) is 1. The number of phosphoric ester groups is 1. The third-order valence-electron chi connectivity index (χ3n) is 10.3. The van der Waals surface area contributed by atoms with Gasteiger partial charge in [-0.25, -0.2) is 4.57 Å². The van der Waals surface area contributed by atoms with Crippen LogP contribution in [0, 0.1) is 0 Å². The molecule has 0 aromatic carbocycles. The Morgan fingerprint density at radius 1 is 0.621 bits per heavy atom. The Balaban J connectivity index is 4.11. The van der Waals surface area contributed by atoms with Crippen molar-refractivity contribution in [2.45, 2.75) is 206 Å². The van der Waals surface area contributed by atoms with E-state index in [-0.39, 0.29) is 19.1 Å². The molecular weight excluding hydrogens is 744 g/mol. The molecule has 0 saturated heterocycles. The standard InChI is InChI=1S/C49H91N2O6P/c1-6-8-10-12-14-16-17-18-19-20-21-22-23-24-25-26-27-28-29-30-31-32-33-35-37-39-41-43-49(53)50-47(46-57-58(54,55)56-45-44-51(3,4)5)48(52)42-40-38-36-34-15-13-11-9-7-2/h7,9,15,17-18,20-21,34,40,42,47-48,52H,6,8,10-14,16,19,22-33,35-39,41,43-46H2,1-5H3,(H-,50,53,54,55)/p+1/b9-7+,18-17-,21-20-,34-15+,42-40+. The molecule has 3 N–H and O–H groups in total. The van der Waals surface area contributed by atoms with Gasteiger partial charge in [0.25, 0.3) is 0 Å². The van der Waals surface area contributed by atoms with Gasteiger partial charge in [0.1, 0.15) is 13.2 Å². The monoisotopic (exact) mass is 836 g/mol. The fraction of sp³-hybridized carbons (Fsp3) is 0.776. The van der Waals surface area contributed by atoms with Crippen LogP contribution in [0.1, 0.15) is 194 Å². The lowest BCUT2D eigenvalue weighted by Gasteiger charge is -2.25. The van der Waals surface area contributed by atoms with Crippen LogP contribution in [0.25, 0.3) is 0 Å². The van der Waals surface area contributed by atoms with Crippen LogP contribution in [0.3, 0.4) is 0 Å². The molecule has 0 aromatic heterocycles. The summed E-state index contributed by atoms with van der Waals surface area (Å²) in [5, 5.41) is 13.7. The van der Waals surface area contributed by atoms with Crippen molar-refractivity contribution in [3.63, 3.8) is 0 Å². The third-order valence-corrected chi connectivity index (χ3v) is 11.3. The van der Waals surface area contributed by atoms with Crippen molar-refractivity contribution >= 4 is 13.7 Å². The first-order chi connectivity index (χ1) is 28.0. The second-order valence-electron chi connectivity index (χ2n) is 17.1. The number of rotatable bonds is 42. The first-order valence-corrected chi connectivity index (χ1v) is 25.1. The van der Waals surface area contributed by atoms with Gasteiger partial charge >= 0.3 is 7.82 Å². The van der Waals surface area contributed by atoms with E-state index in [1.165, 1.54) is 122 Å². The zero-order valence-corrected chi connectivity index (χ0v) is 39.2. The Bertz CT molecular complexity index is 1130. The summed E-state index contributed by atoms with van der Waals surface area (Å²) < 4.78 is 23.5. The summed E-state index contributed by atoms with van der Waals surface area (Å²) in [6.45, 7) is 4.53. The molecule has 9 heteroatoms. The van der Waals surface area contributed by atoms with Crippen LogP contribution >= 0.6 is 7.82 Å². The van der Waals surface area contributed by atoms with E-state index < -0.39 is 20.0 Å². The van der Waals surface area contributed by atoms with Gasteiger partial charge in [0.2, 0.25) is 5.91 Å². The van der Waals surface area contributed by atoms with E-state index in [1.54, 1.807) is 6.08 Å². The largest absolute Gasteiger partial charge is 0.472 e. The Labute approximate surface area is 358 Å². The predicted molar refractivity (Wildman–Crippen MR) is 249 cm³/mol. The van der Waals surface area contributed by atoms with Crippen molar-refractivity contribution in [3.8, 4) is 0 Å². The van der Waals surface area contributed by atoms with Crippen LogP contribution in [-0.2, 0) is 18.4 Å². The molecular formula is C49H92N2O6P+. The first kappa shape index (κ1) is 56.2. The maximum atomic E-state index is 12.8. The second-order valence-corrected chi connectivity index (χ2v) is 18.6. The summed E-state index contributed by atoms with van der Waals surface area (Å²) in [5.41, 5.74) is 0. The molecule has 0 spiro atoms. The summed E-state index contributed by atoms with van der Waals surface area (Å²) in [7, 11) is 1.54. The van der Waals surface area contributed by atoms with Crippen LogP contribution in [-0.4, -0.2) is 73.4 Å². The van der Waals surface area contributed by atoms with Crippen LogP contribution < -0.4 is 5.32 Å². The highest BCUT2D eigenvalue weighted by Crippen LogP contribution is 2.43. The smallest absolute Gasteiger partial charge is 0.387 e. The molecule has 0 saturated carbocycles. The van der Waals surface area contributed by atoms with Gasteiger partial charge in [-0.15, -0.1) is 0 Å². The van der Waals surface area contributed by atoms with Gasteiger partial charge in [-0.05, 0) is 71.1 Å². The first-order valence-electron chi connectivity index (χ1n) is 23.6. The van der Waals surface area contributed by atoms with E-state index >= 15 is 0 Å². The van der Waals surface area contributed by atoms with Gasteiger partial charge in [-0.3, -0.25) is 13.8 Å². The van der Waals surface area contributed by atoms with Crippen molar-refractivity contribution in [1.82, 2.24) is 5.32 Å². The van der Waals surface area contributed by atoms with Gasteiger partial charge in [0.15, 0.2) is 0 Å². The van der Waals surface area contributed by atoms with E-state index in [4.69, 9.17) is 9.05 Å². The Kier molecular flexibility index (Phi) is 39.3. The molecule has 0 aliphatic carbocycles. The van der Waals surface area contributed by atoms with Crippen LogP contribution in [0.5, 0.6) is 0 Å². The quantitative estimate of drug-likeness (QED) is 0.0245. The molecule has 0 aliphatic heterocycles. The molecule has 8 nitrogen and oxygen atoms in total. The molecule has 0 radical (unpaired) electrons. The fourth-order valence-electron chi connectivity index (χ4n) is 6.52. The van der Waals surface area contributed by atoms with E-state index in [1.807, 2.05) is 40.2 Å². The number of nitrogens with zero attached hydrogens (tertiary/aromatic N) is 1. The number of quaternary nitrogens is 1. The Morgan fingerprint density at radius 3 is 1.57 bits per heavy atom. The number of aliphatic hydroxyl groups is 1. The molecule has 3 atom stereocenters. The number of carbonyl (C=O) groups is 1. The number of carbonyl (C=O) groups excluding carboxylic acids is 1. The van der Waals surface area contributed by atoms with Crippen molar-refractivity contribution in [1.29, 1.82) is 0 Å². The number of phosphoric acid groups is 1. The molecule has 0 rings (SSSR count). The molecule has 0 fully saturated rings. The predicted octanol–water partition coefficient (Wildman–Crippen LogP) is 13.4. The van der Waals surface area contributed by atoms with Crippen LogP contribution in [0.4, 0.5) is 0 Å². The summed E-state index contributed by atoms with van der Waals surface area (Å²) in [5.74, 6) is -0.196. The maximum absolute atomic E-state index is 12.8. The molecule has 0 aromatic rings. The molecule has 3 unspecified atom stereocenters. The highest BCUT2D eigenvalue weighted by atomic mass is 31.2. The number of aliphatic hydroxyl groups excluding tert-OH is 1. The van der Waals surface area contributed by atoms with Gasteiger partial charge in [-0.2, -0.15) is 0 Å². The minimum Gasteiger partial charge on any atom is -0.387 e. The van der Waals surface area contributed by atoms with E-state index in [0.717, 1.165) is 51.4 Å². The lowest BCUT2D eigenvalue weighted by atomic mass is 10.0. The summed E-state index contributed by atoms with van der Waals surface area (Å²) in [6, 6.07) is -0.868. The second kappa shape index (κ2) is 40.6.